The Labute approximate surface area is 126 Å². The third-order valence-corrected chi connectivity index (χ3v) is 3.62. The molecular weight excluding hydrogens is 268 g/mol. The summed E-state index contributed by atoms with van der Waals surface area (Å²) in [7, 11) is 0. The van der Waals surface area contributed by atoms with Crippen molar-refractivity contribution in [3.8, 4) is 0 Å². The molecular formula is C16H26N2O3. The minimum Gasteiger partial charge on any atom is -0.472 e. The van der Waals surface area contributed by atoms with Gasteiger partial charge in [0.1, 0.15) is 5.60 Å². The molecule has 1 aliphatic carbocycles. The van der Waals surface area contributed by atoms with Crippen LogP contribution in [0, 0.1) is 0 Å². The van der Waals surface area contributed by atoms with Crippen molar-refractivity contribution in [2.75, 3.05) is 0 Å². The minimum absolute atomic E-state index is 0.229. The number of carbonyl (C=O) groups is 1. The van der Waals surface area contributed by atoms with Crippen molar-refractivity contribution in [2.24, 2.45) is 0 Å². The second-order valence-corrected chi connectivity index (χ2v) is 6.71. The first kappa shape index (κ1) is 15.9. The molecule has 1 heterocycles. The Morgan fingerprint density at radius 1 is 1.29 bits per heavy atom. The van der Waals surface area contributed by atoms with Gasteiger partial charge < -0.3 is 19.8 Å². The summed E-state index contributed by atoms with van der Waals surface area (Å²) >= 11 is 0. The maximum absolute atomic E-state index is 11.7. The summed E-state index contributed by atoms with van der Waals surface area (Å²) in [6, 6.07) is 2.71. The summed E-state index contributed by atoms with van der Waals surface area (Å²) in [5, 5.41) is 6.49. The standard InChI is InChI=1S/C16H26N2O3/c1-16(2,3)21-15(19)18-14-6-4-13(5-7-14)17-10-12-8-9-20-11-12/h8-9,11,13-14,17H,4-7,10H2,1-3H3,(H,18,19). The second kappa shape index (κ2) is 6.98. The predicted molar refractivity (Wildman–Crippen MR) is 81.0 cm³/mol. The summed E-state index contributed by atoms with van der Waals surface area (Å²) in [4.78, 5) is 11.7. The summed E-state index contributed by atoms with van der Waals surface area (Å²) in [5.41, 5.74) is 0.733. The fraction of sp³-hybridized carbons (Fsp3) is 0.688. The Morgan fingerprint density at radius 2 is 1.95 bits per heavy atom. The molecule has 1 fully saturated rings. The number of hydrogen-bond donors (Lipinski definition) is 2. The Hall–Kier alpha value is -1.49. The molecule has 0 atom stereocenters. The molecule has 2 N–H and O–H groups in total. The molecule has 5 heteroatoms. The normalized spacial score (nSPS) is 22.8. The van der Waals surface area contributed by atoms with Gasteiger partial charge in [-0.3, -0.25) is 0 Å². The van der Waals surface area contributed by atoms with E-state index in [0.717, 1.165) is 32.2 Å². The Kier molecular flexibility index (Phi) is 5.28. The van der Waals surface area contributed by atoms with Crippen LogP contribution in [0.1, 0.15) is 52.0 Å². The number of amides is 1. The highest BCUT2D eigenvalue weighted by molar-refractivity contribution is 5.68. The highest BCUT2D eigenvalue weighted by atomic mass is 16.6. The van der Waals surface area contributed by atoms with Gasteiger partial charge >= 0.3 is 6.09 Å². The summed E-state index contributed by atoms with van der Waals surface area (Å²) in [5.74, 6) is 0. The average molecular weight is 294 g/mol. The molecule has 0 radical (unpaired) electrons. The maximum Gasteiger partial charge on any atom is 0.407 e. The largest absolute Gasteiger partial charge is 0.472 e. The number of ether oxygens (including phenoxy) is 1. The third-order valence-electron chi connectivity index (χ3n) is 3.62. The third kappa shape index (κ3) is 5.79. The zero-order valence-electron chi connectivity index (χ0n) is 13.1. The summed E-state index contributed by atoms with van der Waals surface area (Å²) in [6.07, 6.45) is 7.26. The maximum atomic E-state index is 11.7. The number of carbonyl (C=O) groups excluding carboxylic acids is 1. The van der Waals surface area contributed by atoms with Gasteiger partial charge in [0.25, 0.3) is 0 Å². The second-order valence-electron chi connectivity index (χ2n) is 6.71. The van der Waals surface area contributed by atoms with Crippen LogP contribution < -0.4 is 10.6 Å². The van der Waals surface area contributed by atoms with Gasteiger partial charge in [0.15, 0.2) is 0 Å². The van der Waals surface area contributed by atoms with Gasteiger partial charge in [0.2, 0.25) is 0 Å². The summed E-state index contributed by atoms with van der Waals surface area (Å²) < 4.78 is 10.3. The minimum atomic E-state index is -0.437. The number of nitrogens with one attached hydrogen (secondary N) is 2. The smallest absolute Gasteiger partial charge is 0.407 e. The van der Waals surface area contributed by atoms with E-state index in [2.05, 4.69) is 10.6 Å². The van der Waals surface area contributed by atoms with Crippen molar-refractivity contribution in [2.45, 2.75) is 70.7 Å². The molecule has 1 aliphatic rings. The molecule has 2 rings (SSSR count). The molecule has 1 aromatic rings. The number of furan rings is 1. The molecule has 0 unspecified atom stereocenters. The van der Waals surface area contributed by atoms with Crippen LogP contribution in [-0.2, 0) is 11.3 Å². The first-order valence-electron chi connectivity index (χ1n) is 7.66. The molecule has 0 saturated heterocycles. The molecule has 21 heavy (non-hydrogen) atoms. The monoisotopic (exact) mass is 294 g/mol. The van der Waals surface area contributed by atoms with Crippen LogP contribution in [0.5, 0.6) is 0 Å². The molecule has 1 amide bonds. The van der Waals surface area contributed by atoms with Crippen LogP contribution in [0.2, 0.25) is 0 Å². The van der Waals surface area contributed by atoms with Crippen molar-refractivity contribution in [3.63, 3.8) is 0 Å². The fourth-order valence-electron chi connectivity index (χ4n) is 2.57. The van der Waals surface area contributed by atoms with Crippen molar-refractivity contribution in [1.29, 1.82) is 0 Å². The lowest BCUT2D eigenvalue weighted by molar-refractivity contribution is 0.0489. The Bertz CT molecular complexity index is 429. The van der Waals surface area contributed by atoms with Crippen LogP contribution in [0.25, 0.3) is 0 Å². The first-order valence-corrected chi connectivity index (χ1v) is 7.66. The molecule has 1 saturated carbocycles. The van der Waals surface area contributed by atoms with Gasteiger partial charge in [-0.25, -0.2) is 4.79 Å². The Balaban J connectivity index is 1.65. The van der Waals surface area contributed by atoms with E-state index >= 15 is 0 Å². The van der Waals surface area contributed by atoms with E-state index in [4.69, 9.17) is 9.15 Å². The van der Waals surface area contributed by atoms with Gasteiger partial charge in [0, 0.05) is 24.2 Å². The SMILES string of the molecule is CC(C)(C)OC(=O)NC1CCC(NCc2ccoc2)CC1. The van der Waals surface area contributed by atoms with Crippen molar-refractivity contribution in [1.82, 2.24) is 10.6 Å². The van der Waals surface area contributed by atoms with E-state index in [9.17, 15) is 4.79 Å². The van der Waals surface area contributed by atoms with Crippen molar-refractivity contribution >= 4 is 6.09 Å². The highest BCUT2D eigenvalue weighted by Gasteiger charge is 2.24. The first-order chi connectivity index (χ1) is 9.92. The number of alkyl carbamates (subject to hydrolysis) is 1. The van der Waals surface area contributed by atoms with Gasteiger partial charge in [-0.15, -0.1) is 0 Å². The van der Waals surface area contributed by atoms with Crippen LogP contribution in [0.4, 0.5) is 4.79 Å². The zero-order chi connectivity index (χ0) is 15.3. The van der Waals surface area contributed by atoms with Gasteiger partial charge in [-0.1, -0.05) is 0 Å². The van der Waals surface area contributed by atoms with E-state index in [0.29, 0.717) is 6.04 Å². The lowest BCUT2D eigenvalue weighted by atomic mass is 9.91. The Morgan fingerprint density at radius 3 is 2.52 bits per heavy atom. The van der Waals surface area contributed by atoms with Crippen LogP contribution >= 0.6 is 0 Å². The number of hydrogen-bond acceptors (Lipinski definition) is 4. The van der Waals surface area contributed by atoms with E-state index in [1.165, 1.54) is 5.56 Å². The van der Waals surface area contributed by atoms with Crippen LogP contribution in [-0.4, -0.2) is 23.8 Å². The average Bonchev–Trinajstić information content (AvgIpc) is 2.89. The molecule has 5 nitrogen and oxygen atoms in total. The van der Waals surface area contributed by atoms with E-state index in [1.54, 1.807) is 12.5 Å². The lowest BCUT2D eigenvalue weighted by Crippen LogP contribution is -2.43. The van der Waals surface area contributed by atoms with Crippen LogP contribution in [0.15, 0.2) is 23.0 Å². The molecule has 0 bridgehead atoms. The number of rotatable bonds is 4. The molecule has 0 spiro atoms. The van der Waals surface area contributed by atoms with E-state index < -0.39 is 5.60 Å². The van der Waals surface area contributed by atoms with Gasteiger partial charge in [0.05, 0.1) is 12.5 Å². The predicted octanol–water partition coefficient (Wildman–Crippen LogP) is 3.21. The quantitative estimate of drug-likeness (QED) is 0.895. The van der Waals surface area contributed by atoms with Gasteiger partial charge in [-0.2, -0.15) is 0 Å². The lowest BCUT2D eigenvalue weighted by Gasteiger charge is -2.30. The topological polar surface area (TPSA) is 63.5 Å². The zero-order valence-corrected chi connectivity index (χ0v) is 13.1. The molecule has 0 aliphatic heterocycles. The molecule has 1 aromatic heterocycles. The highest BCUT2D eigenvalue weighted by Crippen LogP contribution is 2.19. The summed E-state index contributed by atoms with van der Waals surface area (Å²) in [6.45, 7) is 6.47. The van der Waals surface area contributed by atoms with E-state index in [-0.39, 0.29) is 12.1 Å². The molecule has 118 valence electrons. The van der Waals surface area contributed by atoms with Crippen LogP contribution in [0.3, 0.4) is 0 Å². The fourth-order valence-corrected chi connectivity index (χ4v) is 2.57. The van der Waals surface area contributed by atoms with Crippen molar-refractivity contribution < 1.29 is 13.9 Å². The molecule has 0 aromatic carbocycles. The van der Waals surface area contributed by atoms with E-state index in [1.807, 2.05) is 26.8 Å². The van der Waals surface area contributed by atoms with Gasteiger partial charge in [-0.05, 0) is 52.5 Å². The van der Waals surface area contributed by atoms with Crippen molar-refractivity contribution in [3.05, 3.63) is 24.2 Å².